The molecule has 0 bridgehead atoms. The molecule has 2 unspecified atom stereocenters. The quantitative estimate of drug-likeness (QED) is 0.917. The topological polar surface area (TPSA) is 57.0 Å². The third-order valence-electron chi connectivity index (χ3n) is 4.28. The molecule has 2 atom stereocenters. The number of nitrogens with two attached hydrogens (primary N) is 1. The number of benzene rings is 1. The summed E-state index contributed by atoms with van der Waals surface area (Å²) in [5, 5.41) is 0. The predicted octanol–water partition coefficient (Wildman–Crippen LogP) is 1.56. The average molecular weight is 296 g/mol. The molecule has 1 fully saturated rings. The Bertz CT molecular complexity index is 538. The van der Waals surface area contributed by atoms with E-state index in [2.05, 4.69) is 4.90 Å². The average Bonchev–Trinajstić information content (AvgIpc) is 2.86. The highest BCUT2D eigenvalue weighted by molar-refractivity contribution is 5.57. The van der Waals surface area contributed by atoms with Crippen LogP contribution in [0.25, 0.3) is 0 Å². The van der Waals surface area contributed by atoms with Gasteiger partial charge >= 0.3 is 0 Å². The Labute approximate surface area is 123 Å². The Morgan fingerprint density at radius 3 is 2.86 bits per heavy atom. The van der Waals surface area contributed by atoms with Crippen LogP contribution in [-0.4, -0.2) is 45.4 Å². The number of likely N-dealkylation sites (tertiary alicyclic amines) is 1. The molecule has 3 rings (SSSR count). The molecule has 116 valence electrons. The van der Waals surface area contributed by atoms with Crippen molar-refractivity contribution < 1.29 is 18.6 Å². The lowest BCUT2D eigenvalue weighted by atomic mass is 9.97. The molecule has 2 aliphatic heterocycles. The second kappa shape index (κ2) is 5.69. The van der Waals surface area contributed by atoms with Gasteiger partial charge in [0.2, 0.25) is 0 Å². The van der Waals surface area contributed by atoms with Crippen LogP contribution in [0.4, 0.5) is 4.39 Å². The molecule has 2 aliphatic rings. The molecule has 0 amide bonds. The fourth-order valence-corrected chi connectivity index (χ4v) is 3.29. The van der Waals surface area contributed by atoms with Crippen LogP contribution in [0.1, 0.15) is 18.0 Å². The van der Waals surface area contributed by atoms with E-state index >= 15 is 0 Å². The first kappa shape index (κ1) is 14.4. The van der Waals surface area contributed by atoms with Crippen molar-refractivity contribution in [2.24, 2.45) is 11.7 Å². The number of hydrogen-bond donors (Lipinski definition) is 1. The van der Waals surface area contributed by atoms with Gasteiger partial charge in [0.15, 0.2) is 23.1 Å². The summed E-state index contributed by atoms with van der Waals surface area (Å²) in [6.07, 6.45) is 0.864. The third-order valence-corrected chi connectivity index (χ3v) is 4.28. The molecule has 0 aromatic heterocycles. The molecule has 21 heavy (non-hydrogen) atoms. The number of fused-ring (bicyclic) bond motifs is 1. The molecule has 1 aromatic rings. The minimum Gasteiger partial charge on any atom is -0.493 e. The van der Waals surface area contributed by atoms with Crippen molar-refractivity contribution in [2.75, 3.05) is 40.5 Å². The molecule has 1 saturated heterocycles. The Hall–Kier alpha value is -1.53. The van der Waals surface area contributed by atoms with Gasteiger partial charge in [-0.3, -0.25) is 4.90 Å². The summed E-state index contributed by atoms with van der Waals surface area (Å²) in [6, 6.07) is 1.37. The van der Waals surface area contributed by atoms with E-state index in [0.717, 1.165) is 18.5 Å². The van der Waals surface area contributed by atoms with Gasteiger partial charge in [-0.1, -0.05) is 0 Å². The fourth-order valence-electron chi connectivity index (χ4n) is 3.29. The van der Waals surface area contributed by atoms with Crippen LogP contribution >= 0.6 is 0 Å². The van der Waals surface area contributed by atoms with E-state index in [4.69, 9.17) is 19.9 Å². The van der Waals surface area contributed by atoms with Gasteiger partial charge in [0.25, 0.3) is 0 Å². The van der Waals surface area contributed by atoms with Crippen molar-refractivity contribution in [3.8, 4) is 17.2 Å². The van der Waals surface area contributed by atoms with Gasteiger partial charge < -0.3 is 19.9 Å². The lowest BCUT2D eigenvalue weighted by molar-refractivity contribution is 0.163. The number of methoxy groups -OCH3 is 1. The first-order chi connectivity index (χ1) is 10.2. The van der Waals surface area contributed by atoms with Crippen molar-refractivity contribution in [3.05, 3.63) is 17.4 Å². The highest BCUT2D eigenvalue weighted by atomic mass is 19.1. The monoisotopic (exact) mass is 296 g/mol. The highest BCUT2D eigenvalue weighted by Crippen LogP contribution is 2.49. The summed E-state index contributed by atoms with van der Waals surface area (Å²) in [5.41, 5.74) is 6.53. The normalized spacial score (nSPS) is 25.1. The lowest BCUT2D eigenvalue weighted by Gasteiger charge is -2.28. The van der Waals surface area contributed by atoms with E-state index in [1.54, 1.807) is 0 Å². The van der Waals surface area contributed by atoms with Gasteiger partial charge in [-0.2, -0.15) is 0 Å². The molecule has 5 nitrogen and oxygen atoms in total. The van der Waals surface area contributed by atoms with Gasteiger partial charge in [0, 0.05) is 18.7 Å². The summed E-state index contributed by atoms with van der Waals surface area (Å²) < 4.78 is 30.9. The number of hydrogen-bond acceptors (Lipinski definition) is 5. The molecule has 2 N–H and O–H groups in total. The smallest absolute Gasteiger partial charge is 0.170 e. The summed E-state index contributed by atoms with van der Waals surface area (Å²) in [4.78, 5) is 2.17. The lowest BCUT2D eigenvalue weighted by Crippen LogP contribution is -2.23. The van der Waals surface area contributed by atoms with Crippen molar-refractivity contribution >= 4 is 0 Å². The number of rotatable bonds is 3. The van der Waals surface area contributed by atoms with Crippen LogP contribution < -0.4 is 19.9 Å². The Kier molecular flexibility index (Phi) is 3.91. The number of ether oxygens (including phenoxy) is 3. The molecule has 0 saturated carbocycles. The molecule has 0 radical (unpaired) electrons. The third kappa shape index (κ3) is 2.42. The molecule has 1 aromatic carbocycles. The Morgan fingerprint density at radius 2 is 2.19 bits per heavy atom. The van der Waals surface area contributed by atoms with Crippen LogP contribution in [0.5, 0.6) is 17.2 Å². The molecule has 2 heterocycles. The predicted molar refractivity (Wildman–Crippen MR) is 76.5 cm³/mol. The molecule has 0 aliphatic carbocycles. The van der Waals surface area contributed by atoms with E-state index < -0.39 is 5.82 Å². The van der Waals surface area contributed by atoms with Crippen LogP contribution in [0.15, 0.2) is 6.07 Å². The van der Waals surface area contributed by atoms with Crippen molar-refractivity contribution in [1.29, 1.82) is 0 Å². The minimum atomic E-state index is -0.415. The van der Waals surface area contributed by atoms with E-state index in [0.29, 0.717) is 37.2 Å². The maximum Gasteiger partial charge on any atom is 0.170 e. The zero-order chi connectivity index (χ0) is 15.0. The highest BCUT2D eigenvalue weighted by Gasteiger charge is 2.37. The summed E-state index contributed by atoms with van der Waals surface area (Å²) in [5.74, 6) is 1.29. The molecular formula is C15H21FN2O3. The van der Waals surface area contributed by atoms with Gasteiger partial charge in [0.05, 0.1) is 12.7 Å². The molecule has 6 heteroatoms. The Balaban J connectivity index is 2.09. The largest absolute Gasteiger partial charge is 0.493 e. The zero-order valence-electron chi connectivity index (χ0n) is 12.4. The van der Waals surface area contributed by atoms with E-state index in [9.17, 15) is 4.39 Å². The molecular weight excluding hydrogens is 275 g/mol. The Morgan fingerprint density at radius 1 is 1.43 bits per heavy atom. The zero-order valence-corrected chi connectivity index (χ0v) is 12.4. The second-order valence-electron chi connectivity index (χ2n) is 5.62. The van der Waals surface area contributed by atoms with Gasteiger partial charge in [-0.05, 0) is 25.9 Å². The number of nitrogens with zero attached hydrogens (tertiary/aromatic N) is 1. The molecule has 0 spiro atoms. The maximum absolute atomic E-state index is 14.3. The first-order valence-electron chi connectivity index (χ1n) is 7.22. The summed E-state index contributed by atoms with van der Waals surface area (Å²) in [6.45, 7) is 2.41. The SMILES string of the molecule is COc1c(F)cc2c(c1C1CC(CN)CN1C)OCCO2. The fraction of sp³-hybridized carbons (Fsp3) is 0.600. The van der Waals surface area contributed by atoms with E-state index in [1.807, 2.05) is 7.05 Å². The van der Waals surface area contributed by atoms with Crippen molar-refractivity contribution in [2.45, 2.75) is 12.5 Å². The first-order valence-corrected chi connectivity index (χ1v) is 7.22. The second-order valence-corrected chi connectivity index (χ2v) is 5.62. The maximum atomic E-state index is 14.3. The minimum absolute atomic E-state index is 0.0275. The standard InChI is InChI=1S/C15H21FN2O3/c1-18-8-9(7-17)5-11(18)13-14(19-2)10(16)6-12-15(13)21-4-3-20-12/h6,9,11H,3-5,7-8,17H2,1-2H3. The van der Waals surface area contributed by atoms with Gasteiger partial charge in [-0.25, -0.2) is 4.39 Å². The number of halogens is 1. The van der Waals surface area contributed by atoms with Crippen LogP contribution in [-0.2, 0) is 0 Å². The van der Waals surface area contributed by atoms with E-state index in [1.165, 1.54) is 13.2 Å². The van der Waals surface area contributed by atoms with Crippen LogP contribution in [0.2, 0.25) is 0 Å². The van der Waals surface area contributed by atoms with Crippen molar-refractivity contribution in [1.82, 2.24) is 4.90 Å². The van der Waals surface area contributed by atoms with Crippen LogP contribution in [0, 0.1) is 11.7 Å². The summed E-state index contributed by atoms with van der Waals surface area (Å²) >= 11 is 0. The van der Waals surface area contributed by atoms with Gasteiger partial charge in [0.1, 0.15) is 13.2 Å². The van der Waals surface area contributed by atoms with Crippen molar-refractivity contribution in [3.63, 3.8) is 0 Å². The van der Waals surface area contributed by atoms with E-state index in [-0.39, 0.29) is 11.8 Å². The van der Waals surface area contributed by atoms with Crippen LogP contribution in [0.3, 0.4) is 0 Å². The summed E-state index contributed by atoms with van der Waals surface area (Å²) in [7, 11) is 3.49. The van der Waals surface area contributed by atoms with Gasteiger partial charge in [-0.15, -0.1) is 0 Å².